The molecule has 0 aromatic carbocycles. The number of aromatic amines is 1. The molecule has 1 atom stereocenters. The Kier molecular flexibility index (Phi) is 4.40. The number of hydrogen-bond acceptors (Lipinski definition) is 5. The monoisotopic (exact) mass is 354 g/mol. The largest absolute Gasteiger partial charge is 0.338 e. The van der Waals surface area contributed by atoms with Gasteiger partial charge in [0.25, 0.3) is 5.91 Å². The number of likely N-dealkylation sites (tertiary alicyclic amines) is 2. The molecule has 2 aromatic rings. The Bertz CT molecular complexity index is 778. The molecular formula is C18H22N6O2. The van der Waals surface area contributed by atoms with Gasteiger partial charge in [-0.25, -0.2) is 4.98 Å². The molecule has 1 unspecified atom stereocenters. The maximum Gasteiger partial charge on any atom is 0.291 e. The lowest BCUT2D eigenvalue weighted by atomic mass is 9.73. The Morgan fingerprint density at radius 2 is 2.23 bits per heavy atom. The molecular weight excluding hydrogens is 332 g/mol. The van der Waals surface area contributed by atoms with Crippen molar-refractivity contribution in [3.05, 3.63) is 42.2 Å². The van der Waals surface area contributed by atoms with Crippen LogP contribution in [0, 0.1) is 5.41 Å². The van der Waals surface area contributed by atoms with Gasteiger partial charge in [0, 0.05) is 50.4 Å². The smallest absolute Gasteiger partial charge is 0.291 e. The number of amides is 2. The Morgan fingerprint density at radius 3 is 3.00 bits per heavy atom. The molecule has 0 bridgehead atoms. The van der Waals surface area contributed by atoms with Crippen molar-refractivity contribution < 1.29 is 9.59 Å². The molecule has 2 saturated heterocycles. The SMILES string of the molecule is O=C1CCC2(CCCN(C(=O)c3ncn[nH]3)C2)CN1Cc1cccnc1. The van der Waals surface area contributed by atoms with Gasteiger partial charge in [-0.1, -0.05) is 6.07 Å². The fourth-order valence-corrected chi connectivity index (χ4v) is 4.13. The summed E-state index contributed by atoms with van der Waals surface area (Å²) >= 11 is 0. The molecule has 136 valence electrons. The van der Waals surface area contributed by atoms with Crippen molar-refractivity contribution in [2.45, 2.75) is 32.2 Å². The molecule has 0 saturated carbocycles. The third-order valence-corrected chi connectivity index (χ3v) is 5.41. The summed E-state index contributed by atoms with van der Waals surface area (Å²) in [5.41, 5.74) is 0.993. The quantitative estimate of drug-likeness (QED) is 0.895. The van der Waals surface area contributed by atoms with E-state index in [-0.39, 0.29) is 23.1 Å². The van der Waals surface area contributed by atoms with Crippen LogP contribution in [0.2, 0.25) is 0 Å². The number of pyridine rings is 1. The highest BCUT2D eigenvalue weighted by atomic mass is 16.2. The van der Waals surface area contributed by atoms with E-state index in [1.807, 2.05) is 21.9 Å². The zero-order chi connectivity index (χ0) is 18.0. The summed E-state index contributed by atoms with van der Waals surface area (Å²) in [6, 6.07) is 3.88. The maximum atomic E-state index is 12.6. The zero-order valence-electron chi connectivity index (χ0n) is 14.6. The highest BCUT2D eigenvalue weighted by Gasteiger charge is 2.43. The molecule has 2 amide bonds. The van der Waals surface area contributed by atoms with Crippen molar-refractivity contribution in [3.8, 4) is 0 Å². The van der Waals surface area contributed by atoms with E-state index < -0.39 is 0 Å². The second-order valence-corrected chi connectivity index (χ2v) is 7.28. The maximum absolute atomic E-state index is 12.6. The highest BCUT2D eigenvalue weighted by molar-refractivity contribution is 5.90. The van der Waals surface area contributed by atoms with Crippen molar-refractivity contribution in [1.29, 1.82) is 0 Å². The van der Waals surface area contributed by atoms with Gasteiger partial charge in [-0.3, -0.25) is 19.7 Å². The van der Waals surface area contributed by atoms with E-state index in [1.165, 1.54) is 6.33 Å². The normalized spacial score (nSPS) is 23.5. The summed E-state index contributed by atoms with van der Waals surface area (Å²) < 4.78 is 0. The van der Waals surface area contributed by atoms with Gasteiger partial charge in [0.1, 0.15) is 6.33 Å². The summed E-state index contributed by atoms with van der Waals surface area (Å²) in [5, 5.41) is 6.42. The Hall–Kier alpha value is -2.77. The zero-order valence-corrected chi connectivity index (χ0v) is 14.6. The number of nitrogens with zero attached hydrogens (tertiary/aromatic N) is 5. The van der Waals surface area contributed by atoms with Gasteiger partial charge in [-0.05, 0) is 30.9 Å². The van der Waals surface area contributed by atoms with E-state index in [0.717, 1.165) is 31.4 Å². The first-order valence-corrected chi connectivity index (χ1v) is 8.97. The number of carbonyl (C=O) groups excluding carboxylic acids is 2. The number of nitrogens with one attached hydrogen (secondary N) is 1. The van der Waals surface area contributed by atoms with E-state index in [4.69, 9.17) is 0 Å². The molecule has 1 N–H and O–H groups in total. The van der Waals surface area contributed by atoms with Gasteiger partial charge in [0.2, 0.25) is 11.7 Å². The number of aromatic nitrogens is 4. The first-order chi connectivity index (χ1) is 12.7. The summed E-state index contributed by atoms with van der Waals surface area (Å²) in [7, 11) is 0. The molecule has 2 aliphatic heterocycles. The Morgan fingerprint density at radius 1 is 1.31 bits per heavy atom. The summed E-state index contributed by atoms with van der Waals surface area (Å²) in [5.74, 6) is 0.344. The van der Waals surface area contributed by atoms with Gasteiger partial charge in [-0.15, -0.1) is 0 Å². The first-order valence-electron chi connectivity index (χ1n) is 8.97. The average Bonchev–Trinajstić information content (AvgIpc) is 3.20. The topological polar surface area (TPSA) is 95.1 Å². The fraction of sp³-hybridized carbons (Fsp3) is 0.500. The molecule has 8 heteroatoms. The predicted octanol–water partition coefficient (Wildman–Crippen LogP) is 1.24. The van der Waals surface area contributed by atoms with E-state index in [2.05, 4.69) is 20.2 Å². The van der Waals surface area contributed by atoms with Gasteiger partial charge >= 0.3 is 0 Å². The molecule has 1 spiro atoms. The van der Waals surface area contributed by atoms with Crippen LogP contribution in [0.5, 0.6) is 0 Å². The molecule has 0 radical (unpaired) electrons. The minimum Gasteiger partial charge on any atom is -0.338 e. The van der Waals surface area contributed by atoms with Gasteiger partial charge in [0.05, 0.1) is 0 Å². The minimum atomic E-state index is -0.114. The second-order valence-electron chi connectivity index (χ2n) is 7.28. The predicted molar refractivity (Wildman–Crippen MR) is 92.8 cm³/mol. The van der Waals surface area contributed by atoms with Crippen LogP contribution < -0.4 is 0 Å². The molecule has 4 rings (SSSR count). The summed E-state index contributed by atoms with van der Waals surface area (Å²) in [6.07, 6.45) is 8.22. The van der Waals surface area contributed by atoms with Crippen LogP contribution in [0.1, 0.15) is 41.9 Å². The van der Waals surface area contributed by atoms with Crippen LogP contribution in [0.3, 0.4) is 0 Å². The standard InChI is InChI=1S/C18H22N6O2/c25-15-4-6-18(12-24(15)10-14-3-1-7-19-9-14)5-2-8-23(11-18)17(26)16-20-13-21-22-16/h1,3,7,9,13H,2,4-6,8,10-12H2,(H,20,21,22). The van der Waals surface area contributed by atoms with Crippen LogP contribution in [-0.4, -0.2) is 61.4 Å². The van der Waals surface area contributed by atoms with Gasteiger partial charge < -0.3 is 9.80 Å². The molecule has 8 nitrogen and oxygen atoms in total. The van der Waals surface area contributed by atoms with Crippen LogP contribution >= 0.6 is 0 Å². The molecule has 2 aromatic heterocycles. The van der Waals surface area contributed by atoms with Crippen LogP contribution in [0.25, 0.3) is 0 Å². The summed E-state index contributed by atoms with van der Waals surface area (Å²) in [6.45, 7) is 2.63. The number of piperidine rings is 2. The van der Waals surface area contributed by atoms with Crippen LogP contribution in [-0.2, 0) is 11.3 Å². The van der Waals surface area contributed by atoms with Gasteiger partial charge in [-0.2, -0.15) is 5.10 Å². The van der Waals surface area contributed by atoms with E-state index in [0.29, 0.717) is 26.1 Å². The van der Waals surface area contributed by atoms with Crippen LogP contribution in [0.15, 0.2) is 30.9 Å². The number of H-pyrrole nitrogens is 1. The summed E-state index contributed by atoms with van der Waals surface area (Å²) in [4.78, 5) is 36.9. The van der Waals surface area contributed by atoms with Crippen molar-refractivity contribution in [3.63, 3.8) is 0 Å². The second kappa shape index (κ2) is 6.86. The van der Waals surface area contributed by atoms with E-state index in [1.54, 1.807) is 12.4 Å². The fourth-order valence-electron chi connectivity index (χ4n) is 4.13. The van der Waals surface area contributed by atoms with Crippen molar-refractivity contribution in [2.75, 3.05) is 19.6 Å². The lowest BCUT2D eigenvalue weighted by Gasteiger charge is -2.48. The molecule has 26 heavy (non-hydrogen) atoms. The Labute approximate surface area is 151 Å². The molecule has 0 aliphatic carbocycles. The van der Waals surface area contributed by atoms with Crippen molar-refractivity contribution in [2.24, 2.45) is 5.41 Å². The third kappa shape index (κ3) is 3.31. The van der Waals surface area contributed by atoms with E-state index >= 15 is 0 Å². The lowest BCUT2D eigenvalue weighted by Crippen LogP contribution is -2.55. The third-order valence-electron chi connectivity index (χ3n) is 5.41. The number of rotatable bonds is 3. The van der Waals surface area contributed by atoms with E-state index in [9.17, 15) is 9.59 Å². The average molecular weight is 354 g/mol. The van der Waals surface area contributed by atoms with Crippen molar-refractivity contribution in [1.82, 2.24) is 30.0 Å². The van der Waals surface area contributed by atoms with Crippen LogP contribution in [0.4, 0.5) is 0 Å². The highest BCUT2D eigenvalue weighted by Crippen LogP contribution is 2.39. The number of carbonyl (C=O) groups is 2. The lowest BCUT2D eigenvalue weighted by molar-refractivity contribution is -0.139. The molecule has 2 fully saturated rings. The number of hydrogen-bond donors (Lipinski definition) is 1. The molecule has 2 aliphatic rings. The Balaban J connectivity index is 1.48. The first kappa shape index (κ1) is 16.7. The van der Waals surface area contributed by atoms with Gasteiger partial charge in [0.15, 0.2) is 0 Å². The van der Waals surface area contributed by atoms with Crippen molar-refractivity contribution >= 4 is 11.8 Å². The minimum absolute atomic E-state index is 0.0376. The molecule has 4 heterocycles.